The van der Waals surface area contributed by atoms with Gasteiger partial charge in [-0.25, -0.2) is 4.98 Å². The average molecular weight is 234 g/mol. The van der Waals surface area contributed by atoms with Gasteiger partial charge in [-0.05, 0) is 38.3 Å². The Bertz CT molecular complexity index is 379. The Labute approximate surface area is 103 Å². The Kier molecular flexibility index (Phi) is 2.92. The third kappa shape index (κ3) is 1.89. The van der Waals surface area contributed by atoms with Crippen molar-refractivity contribution in [2.75, 3.05) is 19.6 Å². The third-order valence-corrected chi connectivity index (χ3v) is 4.49. The van der Waals surface area contributed by atoms with Crippen molar-refractivity contribution in [2.24, 2.45) is 11.7 Å². The molecule has 3 aliphatic rings. The first-order chi connectivity index (χ1) is 8.29. The lowest BCUT2D eigenvalue weighted by Gasteiger charge is -2.45. The molecule has 17 heavy (non-hydrogen) atoms. The molecule has 0 amide bonds. The van der Waals surface area contributed by atoms with Crippen LogP contribution in [-0.2, 0) is 0 Å². The number of piperidine rings is 3. The van der Waals surface area contributed by atoms with E-state index >= 15 is 0 Å². The molecule has 2 N–H and O–H groups in total. The molecule has 2 atom stereocenters. The van der Waals surface area contributed by atoms with Crippen LogP contribution in [0.5, 0.6) is 0 Å². The van der Waals surface area contributed by atoms with Crippen LogP contribution >= 0.6 is 0 Å². The molecule has 3 aliphatic heterocycles. The van der Waals surface area contributed by atoms with Gasteiger partial charge in [0.1, 0.15) is 0 Å². The van der Waals surface area contributed by atoms with E-state index < -0.39 is 0 Å². The zero-order chi connectivity index (χ0) is 11.8. The van der Waals surface area contributed by atoms with E-state index in [1.54, 1.807) is 0 Å². The van der Waals surface area contributed by atoms with Crippen LogP contribution in [0.15, 0.2) is 12.5 Å². The second kappa shape index (κ2) is 4.42. The van der Waals surface area contributed by atoms with Gasteiger partial charge >= 0.3 is 0 Å². The molecule has 3 saturated heterocycles. The monoisotopic (exact) mass is 234 g/mol. The zero-order valence-electron chi connectivity index (χ0n) is 10.5. The molecule has 0 aromatic carbocycles. The van der Waals surface area contributed by atoms with Crippen LogP contribution in [0.1, 0.15) is 44.0 Å². The molecular weight excluding hydrogens is 212 g/mol. The highest BCUT2D eigenvalue weighted by Crippen LogP contribution is 2.36. The highest BCUT2D eigenvalue weighted by molar-refractivity contribution is 5.08. The highest BCUT2D eigenvalue weighted by atomic mass is 15.2. The van der Waals surface area contributed by atoms with Crippen molar-refractivity contribution in [3.8, 4) is 0 Å². The van der Waals surface area contributed by atoms with Gasteiger partial charge in [0.2, 0.25) is 0 Å². The topological polar surface area (TPSA) is 47.1 Å². The van der Waals surface area contributed by atoms with Crippen molar-refractivity contribution >= 4 is 0 Å². The Balaban J connectivity index is 1.86. The van der Waals surface area contributed by atoms with Crippen molar-refractivity contribution in [2.45, 2.75) is 38.3 Å². The lowest BCUT2D eigenvalue weighted by Crippen LogP contribution is -2.48. The minimum absolute atomic E-state index is 0.132. The van der Waals surface area contributed by atoms with E-state index in [1.807, 2.05) is 12.5 Å². The molecule has 4 rings (SSSR count). The molecule has 4 heteroatoms. The number of hydrogen-bond donors (Lipinski definition) is 1. The number of nitrogens with two attached hydrogens (primary N) is 1. The molecule has 0 saturated carbocycles. The summed E-state index contributed by atoms with van der Waals surface area (Å²) in [7, 11) is 0. The zero-order valence-corrected chi connectivity index (χ0v) is 10.5. The SMILES string of the molecule is CC[C@@H](N)c1cncn1C1CN2CCC1CC2. The van der Waals surface area contributed by atoms with Gasteiger partial charge in [0.05, 0.1) is 18.1 Å². The van der Waals surface area contributed by atoms with E-state index in [9.17, 15) is 0 Å². The predicted octanol–water partition coefficient (Wildman–Crippen LogP) is 1.56. The van der Waals surface area contributed by atoms with Crippen molar-refractivity contribution in [1.82, 2.24) is 14.5 Å². The van der Waals surface area contributed by atoms with Crippen LogP contribution in [0.2, 0.25) is 0 Å². The fourth-order valence-electron chi connectivity index (χ4n) is 3.34. The standard InChI is InChI=1S/C13H22N4/c1-2-11(14)12-7-15-9-17(12)13-8-16-5-3-10(13)4-6-16/h7,9-11,13H,2-6,8,14H2,1H3/t11-,13?/m1/s1. The van der Waals surface area contributed by atoms with E-state index in [0.29, 0.717) is 6.04 Å². The Morgan fingerprint density at radius 3 is 2.82 bits per heavy atom. The largest absolute Gasteiger partial charge is 0.328 e. The summed E-state index contributed by atoms with van der Waals surface area (Å²) in [6.07, 6.45) is 7.59. The summed E-state index contributed by atoms with van der Waals surface area (Å²) in [4.78, 5) is 6.89. The van der Waals surface area contributed by atoms with Crippen molar-refractivity contribution in [1.29, 1.82) is 0 Å². The first-order valence-corrected chi connectivity index (χ1v) is 6.79. The van der Waals surface area contributed by atoms with Crippen LogP contribution < -0.4 is 5.73 Å². The molecule has 1 aromatic rings. The van der Waals surface area contributed by atoms with Crippen LogP contribution in [0, 0.1) is 5.92 Å². The van der Waals surface area contributed by atoms with Gasteiger partial charge in [-0.3, -0.25) is 0 Å². The Morgan fingerprint density at radius 1 is 1.47 bits per heavy atom. The first-order valence-electron chi connectivity index (χ1n) is 6.79. The molecule has 0 radical (unpaired) electrons. The second-order valence-electron chi connectivity index (χ2n) is 5.45. The molecule has 4 heterocycles. The number of imidazole rings is 1. The summed E-state index contributed by atoms with van der Waals surface area (Å²) in [5.74, 6) is 0.831. The van der Waals surface area contributed by atoms with Crippen molar-refractivity contribution < 1.29 is 0 Å². The summed E-state index contributed by atoms with van der Waals surface area (Å²) in [6, 6.07) is 0.737. The van der Waals surface area contributed by atoms with Gasteiger partial charge in [0.15, 0.2) is 0 Å². The summed E-state index contributed by atoms with van der Waals surface area (Å²) < 4.78 is 2.35. The summed E-state index contributed by atoms with van der Waals surface area (Å²) in [6.45, 7) is 5.89. The van der Waals surface area contributed by atoms with Crippen LogP contribution in [0.3, 0.4) is 0 Å². The molecule has 0 spiro atoms. The Morgan fingerprint density at radius 2 is 2.24 bits per heavy atom. The van der Waals surface area contributed by atoms with Gasteiger partial charge < -0.3 is 15.2 Å². The van der Waals surface area contributed by atoms with Gasteiger partial charge in [-0.1, -0.05) is 6.92 Å². The van der Waals surface area contributed by atoms with Gasteiger partial charge in [0, 0.05) is 18.8 Å². The number of nitrogens with zero attached hydrogens (tertiary/aromatic N) is 3. The molecular formula is C13H22N4. The average Bonchev–Trinajstić information content (AvgIpc) is 2.88. The summed E-state index contributed by atoms with van der Waals surface area (Å²) in [5, 5.41) is 0. The predicted molar refractivity (Wildman–Crippen MR) is 67.6 cm³/mol. The fraction of sp³-hybridized carbons (Fsp3) is 0.769. The third-order valence-electron chi connectivity index (χ3n) is 4.49. The minimum Gasteiger partial charge on any atom is -0.328 e. The maximum atomic E-state index is 6.17. The maximum Gasteiger partial charge on any atom is 0.0951 e. The van der Waals surface area contributed by atoms with Crippen molar-refractivity contribution in [3.05, 3.63) is 18.2 Å². The van der Waals surface area contributed by atoms with Crippen molar-refractivity contribution in [3.63, 3.8) is 0 Å². The minimum atomic E-state index is 0.132. The van der Waals surface area contributed by atoms with E-state index in [1.165, 1.54) is 38.2 Å². The van der Waals surface area contributed by atoms with Crippen LogP contribution in [0.4, 0.5) is 0 Å². The van der Waals surface area contributed by atoms with Crippen LogP contribution in [-0.4, -0.2) is 34.1 Å². The number of aromatic nitrogens is 2. The number of fused-ring (bicyclic) bond motifs is 3. The number of hydrogen-bond acceptors (Lipinski definition) is 3. The molecule has 0 aliphatic carbocycles. The molecule has 1 unspecified atom stereocenters. The maximum absolute atomic E-state index is 6.17. The van der Waals surface area contributed by atoms with E-state index in [0.717, 1.165) is 12.3 Å². The molecule has 4 nitrogen and oxygen atoms in total. The highest BCUT2D eigenvalue weighted by Gasteiger charge is 2.36. The second-order valence-corrected chi connectivity index (χ2v) is 5.45. The van der Waals surface area contributed by atoms with Gasteiger partial charge in [-0.2, -0.15) is 0 Å². The molecule has 1 aromatic heterocycles. The summed E-state index contributed by atoms with van der Waals surface area (Å²) in [5.41, 5.74) is 7.38. The smallest absolute Gasteiger partial charge is 0.0951 e. The van der Waals surface area contributed by atoms with E-state index in [4.69, 9.17) is 5.73 Å². The molecule has 3 fully saturated rings. The van der Waals surface area contributed by atoms with Gasteiger partial charge in [0.25, 0.3) is 0 Å². The lowest BCUT2D eigenvalue weighted by atomic mass is 9.83. The summed E-state index contributed by atoms with van der Waals surface area (Å²) >= 11 is 0. The molecule has 94 valence electrons. The quantitative estimate of drug-likeness (QED) is 0.863. The first kappa shape index (κ1) is 11.2. The fourth-order valence-corrected chi connectivity index (χ4v) is 3.34. The van der Waals surface area contributed by atoms with Crippen LogP contribution in [0.25, 0.3) is 0 Å². The Hall–Kier alpha value is -0.870. The number of rotatable bonds is 3. The normalized spacial score (nSPS) is 33.9. The van der Waals surface area contributed by atoms with E-state index in [2.05, 4.69) is 21.4 Å². The van der Waals surface area contributed by atoms with Gasteiger partial charge in [-0.15, -0.1) is 0 Å². The van der Waals surface area contributed by atoms with E-state index in [-0.39, 0.29) is 6.04 Å². The molecule has 2 bridgehead atoms. The lowest BCUT2D eigenvalue weighted by molar-refractivity contribution is 0.0553.